The average Bonchev–Trinajstić information content (AvgIpc) is 2.86. The lowest BCUT2D eigenvalue weighted by Crippen LogP contribution is -2.18. The fourth-order valence-corrected chi connectivity index (χ4v) is 3.15. The van der Waals surface area contributed by atoms with Crippen molar-refractivity contribution in [1.29, 1.82) is 0 Å². The van der Waals surface area contributed by atoms with E-state index in [-0.39, 0.29) is 24.0 Å². The van der Waals surface area contributed by atoms with Crippen molar-refractivity contribution in [3.8, 4) is 5.75 Å². The van der Waals surface area contributed by atoms with Crippen LogP contribution in [0.3, 0.4) is 0 Å². The third-order valence-corrected chi connectivity index (χ3v) is 4.66. The van der Waals surface area contributed by atoms with Crippen LogP contribution in [0.2, 0.25) is 0 Å². The molecule has 1 aliphatic rings. The smallest absolute Gasteiger partial charge is 0.251 e. The second-order valence-electron chi connectivity index (χ2n) is 6.53. The number of hydrogen-bond donors (Lipinski definition) is 2. The van der Waals surface area contributed by atoms with E-state index >= 15 is 0 Å². The van der Waals surface area contributed by atoms with Crippen molar-refractivity contribution in [3.63, 3.8) is 0 Å². The summed E-state index contributed by atoms with van der Waals surface area (Å²) >= 11 is 0. The molecule has 7 heteroatoms. The fraction of sp³-hybridized carbons (Fsp3) is 0.0909. The molecule has 1 heterocycles. The summed E-state index contributed by atoms with van der Waals surface area (Å²) in [6, 6.07) is 12.9. The van der Waals surface area contributed by atoms with Crippen molar-refractivity contribution in [2.75, 3.05) is 12.4 Å². The molecule has 0 atom stereocenters. The summed E-state index contributed by atoms with van der Waals surface area (Å²) in [6.07, 6.45) is 0. The Morgan fingerprint density at radius 1 is 1.00 bits per heavy atom. The van der Waals surface area contributed by atoms with Gasteiger partial charge in [-0.1, -0.05) is 6.07 Å². The highest BCUT2D eigenvalue weighted by Crippen LogP contribution is 2.32. The highest BCUT2D eigenvalue weighted by molar-refractivity contribution is 6.13. The molecule has 3 aromatic rings. The van der Waals surface area contributed by atoms with Gasteiger partial charge in [-0.15, -0.1) is 0 Å². The Morgan fingerprint density at radius 2 is 1.83 bits per heavy atom. The van der Waals surface area contributed by atoms with Crippen LogP contribution >= 0.6 is 0 Å². The standard InChI is InChI=1S/C22H16F2N2O3/c1-25-22(28)12-2-3-13-11-29-20-10-15(5-6-16(20)21(27)17(13)8-12)26-19-7-4-14(23)9-18(19)24/h2-10,26H,11H2,1H3,(H,25,28). The van der Waals surface area contributed by atoms with Crippen LogP contribution in [0.5, 0.6) is 5.75 Å². The van der Waals surface area contributed by atoms with E-state index in [0.29, 0.717) is 33.7 Å². The minimum absolute atomic E-state index is 0.102. The van der Waals surface area contributed by atoms with Crippen LogP contribution in [0, 0.1) is 11.6 Å². The van der Waals surface area contributed by atoms with Crippen molar-refractivity contribution in [3.05, 3.63) is 88.5 Å². The first-order valence-corrected chi connectivity index (χ1v) is 8.85. The highest BCUT2D eigenvalue weighted by atomic mass is 19.1. The van der Waals surface area contributed by atoms with Crippen LogP contribution in [-0.2, 0) is 6.61 Å². The number of anilines is 2. The Bertz CT molecular complexity index is 1140. The van der Waals surface area contributed by atoms with Gasteiger partial charge in [0.2, 0.25) is 0 Å². The van der Waals surface area contributed by atoms with Gasteiger partial charge in [0.1, 0.15) is 24.0 Å². The van der Waals surface area contributed by atoms with E-state index in [1.54, 1.807) is 36.4 Å². The number of carbonyl (C=O) groups is 2. The summed E-state index contributed by atoms with van der Waals surface area (Å²) in [6.45, 7) is 0.149. The van der Waals surface area contributed by atoms with Crippen LogP contribution in [-0.4, -0.2) is 18.7 Å². The number of ketones is 1. The molecule has 0 aliphatic carbocycles. The van der Waals surface area contributed by atoms with Gasteiger partial charge >= 0.3 is 0 Å². The SMILES string of the molecule is CNC(=O)c1ccc2c(c1)C(=O)c1ccc(Nc3ccc(F)cc3F)cc1OC2. The predicted molar refractivity (Wildman–Crippen MR) is 104 cm³/mol. The van der Waals surface area contributed by atoms with E-state index in [9.17, 15) is 18.4 Å². The lowest BCUT2D eigenvalue weighted by molar-refractivity contribution is 0.0963. The molecule has 3 aromatic carbocycles. The molecule has 0 spiro atoms. The van der Waals surface area contributed by atoms with E-state index in [1.165, 1.54) is 13.1 Å². The maximum absolute atomic E-state index is 13.9. The Labute approximate surface area is 165 Å². The molecule has 1 aliphatic heterocycles. The lowest BCUT2D eigenvalue weighted by atomic mass is 9.96. The zero-order valence-electron chi connectivity index (χ0n) is 15.4. The Morgan fingerprint density at radius 3 is 2.59 bits per heavy atom. The average molecular weight is 394 g/mol. The maximum atomic E-state index is 13.9. The second-order valence-corrected chi connectivity index (χ2v) is 6.53. The summed E-state index contributed by atoms with van der Waals surface area (Å²) < 4.78 is 32.8. The number of benzene rings is 3. The molecular formula is C22H16F2N2O3. The predicted octanol–water partition coefficient (Wildman–Crippen LogP) is 4.19. The Kier molecular flexibility index (Phi) is 4.72. The van der Waals surface area contributed by atoms with Gasteiger partial charge in [0.25, 0.3) is 5.91 Å². The zero-order chi connectivity index (χ0) is 20.5. The largest absolute Gasteiger partial charge is 0.488 e. The minimum atomic E-state index is -0.730. The van der Waals surface area contributed by atoms with Gasteiger partial charge in [0.15, 0.2) is 5.78 Å². The number of ether oxygens (including phenoxy) is 1. The van der Waals surface area contributed by atoms with E-state index in [2.05, 4.69) is 10.6 Å². The third kappa shape index (κ3) is 3.54. The van der Waals surface area contributed by atoms with E-state index in [0.717, 1.165) is 12.1 Å². The van der Waals surface area contributed by atoms with Crippen LogP contribution in [0.15, 0.2) is 54.6 Å². The molecule has 4 rings (SSSR count). The summed E-state index contributed by atoms with van der Waals surface area (Å²) in [4.78, 5) is 24.9. The molecule has 0 saturated carbocycles. The van der Waals surface area contributed by atoms with Gasteiger partial charge in [-0.05, 0) is 36.4 Å². The topological polar surface area (TPSA) is 67.4 Å². The van der Waals surface area contributed by atoms with Crippen molar-refractivity contribution < 1.29 is 23.1 Å². The number of rotatable bonds is 3. The summed E-state index contributed by atoms with van der Waals surface area (Å²) in [5.74, 6) is -1.62. The van der Waals surface area contributed by atoms with Gasteiger partial charge in [0, 0.05) is 41.6 Å². The molecular weight excluding hydrogens is 378 g/mol. The molecule has 2 N–H and O–H groups in total. The van der Waals surface area contributed by atoms with Gasteiger partial charge < -0.3 is 15.4 Å². The first-order valence-electron chi connectivity index (χ1n) is 8.85. The second kappa shape index (κ2) is 7.35. The van der Waals surface area contributed by atoms with Crippen molar-refractivity contribution in [2.24, 2.45) is 0 Å². The van der Waals surface area contributed by atoms with Gasteiger partial charge in [-0.25, -0.2) is 8.78 Å². The third-order valence-electron chi connectivity index (χ3n) is 4.66. The molecule has 146 valence electrons. The first kappa shape index (κ1) is 18.6. The monoisotopic (exact) mass is 394 g/mol. The molecule has 0 fully saturated rings. The zero-order valence-corrected chi connectivity index (χ0v) is 15.4. The fourth-order valence-electron chi connectivity index (χ4n) is 3.15. The maximum Gasteiger partial charge on any atom is 0.251 e. The van der Waals surface area contributed by atoms with E-state index in [4.69, 9.17) is 4.74 Å². The quantitative estimate of drug-likeness (QED) is 0.699. The molecule has 0 bridgehead atoms. The van der Waals surface area contributed by atoms with Gasteiger partial charge in [-0.3, -0.25) is 9.59 Å². The van der Waals surface area contributed by atoms with E-state index in [1.807, 2.05) is 0 Å². The summed E-state index contributed by atoms with van der Waals surface area (Å²) in [5, 5.41) is 5.38. The van der Waals surface area contributed by atoms with E-state index < -0.39 is 11.6 Å². The van der Waals surface area contributed by atoms with Gasteiger partial charge in [0.05, 0.1) is 11.3 Å². The van der Waals surface area contributed by atoms with Gasteiger partial charge in [-0.2, -0.15) is 0 Å². The number of nitrogens with one attached hydrogen (secondary N) is 2. The summed E-state index contributed by atoms with van der Waals surface area (Å²) in [7, 11) is 1.52. The summed E-state index contributed by atoms with van der Waals surface area (Å²) in [5.41, 5.74) is 2.37. The highest BCUT2D eigenvalue weighted by Gasteiger charge is 2.24. The number of hydrogen-bond acceptors (Lipinski definition) is 4. The Balaban J connectivity index is 1.67. The molecule has 0 aromatic heterocycles. The molecule has 0 radical (unpaired) electrons. The number of fused-ring (bicyclic) bond motifs is 2. The normalized spacial score (nSPS) is 12.3. The number of carbonyl (C=O) groups excluding carboxylic acids is 2. The minimum Gasteiger partial charge on any atom is -0.488 e. The van der Waals surface area contributed by atoms with Crippen LogP contribution in [0.25, 0.3) is 0 Å². The van der Waals surface area contributed by atoms with Crippen LogP contribution in [0.1, 0.15) is 31.8 Å². The molecule has 0 unspecified atom stereocenters. The van der Waals surface area contributed by atoms with Crippen LogP contribution in [0.4, 0.5) is 20.2 Å². The van der Waals surface area contributed by atoms with Crippen molar-refractivity contribution >= 4 is 23.1 Å². The van der Waals surface area contributed by atoms with Crippen LogP contribution < -0.4 is 15.4 Å². The number of amides is 1. The van der Waals surface area contributed by atoms with Crippen molar-refractivity contribution in [2.45, 2.75) is 6.61 Å². The Hall–Kier alpha value is -3.74. The molecule has 5 nitrogen and oxygen atoms in total. The molecule has 29 heavy (non-hydrogen) atoms. The van der Waals surface area contributed by atoms with Crippen molar-refractivity contribution in [1.82, 2.24) is 5.32 Å². The lowest BCUT2D eigenvalue weighted by Gasteiger charge is -2.11. The first-order chi connectivity index (χ1) is 14.0. The molecule has 0 saturated heterocycles. The molecule has 1 amide bonds. The number of halogens is 2.